The van der Waals surface area contributed by atoms with Crippen LogP contribution in [0.4, 0.5) is 13.6 Å². The molecule has 6 nitrogen and oxygen atoms in total. The molecule has 8 heteroatoms. The van der Waals surface area contributed by atoms with Crippen molar-refractivity contribution in [1.29, 1.82) is 0 Å². The second-order valence-electron chi connectivity index (χ2n) is 8.84. The molecule has 3 aromatic rings. The van der Waals surface area contributed by atoms with Crippen molar-refractivity contribution in [3.05, 3.63) is 89.5 Å². The molecule has 0 unspecified atom stereocenters. The van der Waals surface area contributed by atoms with Gasteiger partial charge < -0.3 is 19.9 Å². The summed E-state index contributed by atoms with van der Waals surface area (Å²) < 4.78 is 35.7. The van der Waals surface area contributed by atoms with Gasteiger partial charge in [-0.3, -0.25) is 4.79 Å². The van der Waals surface area contributed by atoms with Gasteiger partial charge in [-0.2, -0.15) is 8.78 Å². The number of amides is 1. The Kier molecular flexibility index (Phi) is 5.88. The van der Waals surface area contributed by atoms with Crippen LogP contribution in [0.3, 0.4) is 0 Å². The molecule has 2 N–H and O–H groups in total. The van der Waals surface area contributed by atoms with Gasteiger partial charge in [-0.05, 0) is 41.2 Å². The minimum atomic E-state index is -3.07. The van der Waals surface area contributed by atoms with Crippen molar-refractivity contribution in [2.45, 2.75) is 36.8 Å². The average Bonchev–Trinajstić information content (AvgIpc) is 3.13. The summed E-state index contributed by atoms with van der Waals surface area (Å²) in [5, 5.41) is 12.6. The molecular formula is C27H23F2NO5. The Morgan fingerprint density at radius 2 is 1.51 bits per heavy atom. The smallest absolute Gasteiger partial charge is 0.407 e. The number of alkyl carbamates (subject to hydrolysis) is 1. The Bertz CT molecular complexity index is 1230. The van der Waals surface area contributed by atoms with Crippen LogP contribution in [0.5, 0.6) is 5.75 Å². The van der Waals surface area contributed by atoms with Gasteiger partial charge in [0, 0.05) is 17.5 Å². The molecule has 0 bridgehead atoms. The van der Waals surface area contributed by atoms with E-state index >= 15 is 0 Å². The Morgan fingerprint density at radius 3 is 2.11 bits per heavy atom. The van der Waals surface area contributed by atoms with Crippen LogP contribution in [-0.2, 0) is 14.9 Å². The van der Waals surface area contributed by atoms with E-state index in [0.717, 1.165) is 22.3 Å². The van der Waals surface area contributed by atoms with Gasteiger partial charge in [0.25, 0.3) is 0 Å². The van der Waals surface area contributed by atoms with Crippen molar-refractivity contribution in [1.82, 2.24) is 5.32 Å². The predicted molar refractivity (Wildman–Crippen MR) is 124 cm³/mol. The molecule has 2 aliphatic rings. The number of carboxylic acids is 1. The highest BCUT2D eigenvalue weighted by atomic mass is 19.3. The zero-order valence-corrected chi connectivity index (χ0v) is 18.6. The molecule has 180 valence electrons. The molecule has 0 heterocycles. The summed E-state index contributed by atoms with van der Waals surface area (Å²) in [5.41, 5.74) is 3.15. The summed E-state index contributed by atoms with van der Waals surface area (Å²) in [7, 11) is 0. The number of nitrogens with one attached hydrogen (secondary N) is 1. The summed E-state index contributed by atoms with van der Waals surface area (Å²) in [5.74, 6) is -1.43. The minimum Gasteiger partial charge on any atom is -0.481 e. The van der Waals surface area contributed by atoms with E-state index in [1.165, 1.54) is 18.2 Å². The van der Waals surface area contributed by atoms with Crippen LogP contribution < -0.4 is 10.1 Å². The fourth-order valence-electron chi connectivity index (χ4n) is 5.26. The number of ether oxygens (including phenoxy) is 2. The van der Waals surface area contributed by atoms with Crippen LogP contribution in [0.1, 0.15) is 35.4 Å². The number of aliphatic carboxylic acids is 1. The van der Waals surface area contributed by atoms with Gasteiger partial charge in [0.2, 0.25) is 0 Å². The van der Waals surface area contributed by atoms with Crippen LogP contribution in [0, 0.1) is 0 Å². The highest BCUT2D eigenvalue weighted by Gasteiger charge is 2.54. The topological polar surface area (TPSA) is 84.9 Å². The first-order valence-electron chi connectivity index (χ1n) is 11.3. The van der Waals surface area contributed by atoms with Crippen molar-refractivity contribution in [3.8, 4) is 16.9 Å². The van der Waals surface area contributed by atoms with Crippen LogP contribution in [-0.4, -0.2) is 36.4 Å². The molecule has 1 fully saturated rings. The standard InChI is InChI=1S/C27H23F2NO5/c28-25(29)35-23-12-6-5-11-22(23)27(24(31)32)13-16(14-27)30-26(33)34-15-21-19-9-3-1-7-17(19)18-8-2-4-10-20(18)21/h1-12,16,21,25H,13-15H2,(H,30,33)(H,31,32). The fraction of sp³-hybridized carbons (Fsp3) is 0.259. The average molecular weight is 479 g/mol. The number of benzene rings is 3. The molecule has 1 saturated carbocycles. The van der Waals surface area contributed by atoms with Crippen molar-refractivity contribution >= 4 is 12.1 Å². The van der Waals surface area contributed by atoms with E-state index in [-0.39, 0.29) is 36.7 Å². The number of para-hydroxylation sites is 1. The summed E-state index contributed by atoms with van der Waals surface area (Å²) in [6, 6.07) is 21.4. The maximum atomic E-state index is 12.8. The molecule has 1 amide bonds. The highest BCUT2D eigenvalue weighted by Crippen LogP contribution is 2.48. The van der Waals surface area contributed by atoms with Gasteiger partial charge in [-0.25, -0.2) is 4.79 Å². The number of carbonyl (C=O) groups is 2. The van der Waals surface area contributed by atoms with Gasteiger partial charge >= 0.3 is 18.7 Å². The Morgan fingerprint density at radius 1 is 0.943 bits per heavy atom. The van der Waals surface area contributed by atoms with Crippen LogP contribution in [0.25, 0.3) is 11.1 Å². The molecule has 0 spiro atoms. The SMILES string of the molecule is O=C(NC1CC(C(=O)O)(c2ccccc2OC(F)F)C1)OCC1c2ccccc2-c2ccccc21. The third kappa shape index (κ3) is 4.09. The first-order valence-corrected chi connectivity index (χ1v) is 11.3. The van der Waals surface area contributed by atoms with E-state index in [2.05, 4.69) is 10.1 Å². The molecule has 0 radical (unpaired) electrons. The second kappa shape index (κ2) is 9.02. The first kappa shape index (κ1) is 22.8. The number of carboxylic acid groups (broad SMARTS) is 1. The summed E-state index contributed by atoms with van der Waals surface area (Å²) in [6.45, 7) is -2.93. The van der Waals surface area contributed by atoms with E-state index < -0.39 is 30.1 Å². The lowest BCUT2D eigenvalue weighted by Crippen LogP contribution is -2.57. The Balaban J connectivity index is 1.24. The number of halogens is 2. The van der Waals surface area contributed by atoms with Gasteiger partial charge in [-0.15, -0.1) is 0 Å². The zero-order chi connectivity index (χ0) is 24.6. The number of carbonyl (C=O) groups excluding carboxylic acids is 1. The zero-order valence-electron chi connectivity index (χ0n) is 18.6. The molecule has 5 rings (SSSR count). The maximum absolute atomic E-state index is 12.8. The lowest BCUT2D eigenvalue weighted by molar-refractivity contribution is -0.149. The Labute approximate surface area is 200 Å². The third-order valence-electron chi connectivity index (χ3n) is 6.88. The number of hydrogen-bond acceptors (Lipinski definition) is 4. The maximum Gasteiger partial charge on any atom is 0.407 e. The van der Waals surface area contributed by atoms with E-state index in [4.69, 9.17) is 4.74 Å². The van der Waals surface area contributed by atoms with Crippen molar-refractivity contribution in [2.24, 2.45) is 0 Å². The Hall–Kier alpha value is -3.94. The van der Waals surface area contributed by atoms with Crippen LogP contribution in [0.15, 0.2) is 72.8 Å². The molecular weight excluding hydrogens is 456 g/mol. The number of hydrogen-bond donors (Lipinski definition) is 2. The van der Waals surface area contributed by atoms with Crippen molar-refractivity contribution in [3.63, 3.8) is 0 Å². The second-order valence-corrected chi connectivity index (χ2v) is 8.84. The first-order chi connectivity index (χ1) is 16.9. The lowest BCUT2D eigenvalue weighted by Gasteiger charge is -2.45. The van der Waals surface area contributed by atoms with E-state index in [0.29, 0.717) is 0 Å². The lowest BCUT2D eigenvalue weighted by atomic mass is 9.61. The summed E-state index contributed by atoms with van der Waals surface area (Å²) in [6.07, 6.45) is -0.570. The number of fused-ring (bicyclic) bond motifs is 3. The normalized spacial score (nSPS) is 20.5. The molecule has 0 saturated heterocycles. The largest absolute Gasteiger partial charge is 0.481 e. The molecule has 3 aromatic carbocycles. The van der Waals surface area contributed by atoms with Gasteiger partial charge in [0.05, 0.1) is 0 Å². The van der Waals surface area contributed by atoms with Gasteiger partial charge in [0.15, 0.2) is 0 Å². The van der Waals surface area contributed by atoms with Gasteiger partial charge in [-0.1, -0.05) is 66.7 Å². The molecule has 0 aromatic heterocycles. The number of alkyl halides is 2. The number of rotatable bonds is 7. The molecule has 35 heavy (non-hydrogen) atoms. The van der Waals surface area contributed by atoms with E-state index in [9.17, 15) is 23.5 Å². The van der Waals surface area contributed by atoms with E-state index in [1.807, 2.05) is 48.5 Å². The van der Waals surface area contributed by atoms with Gasteiger partial charge in [0.1, 0.15) is 17.8 Å². The van der Waals surface area contributed by atoms with Crippen LogP contribution in [0.2, 0.25) is 0 Å². The monoisotopic (exact) mass is 479 g/mol. The predicted octanol–water partition coefficient (Wildman–Crippen LogP) is 5.31. The molecule has 2 aliphatic carbocycles. The quantitative estimate of drug-likeness (QED) is 0.480. The summed E-state index contributed by atoms with van der Waals surface area (Å²) in [4.78, 5) is 24.7. The molecule has 0 aliphatic heterocycles. The fourth-order valence-corrected chi connectivity index (χ4v) is 5.26. The van der Waals surface area contributed by atoms with Crippen molar-refractivity contribution in [2.75, 3.05) is 6.61 Å². The minimum absolute atomic E-state index is 0.0378. The molecule has 0 atom stereocenters. The van der Waals surface area contributed by atoms with Crippen molar-refractivity contribution < 1.29 is 33.0 Å². The third-order valence-corrected chi connectivity index (χ3v) is 6.88. The van der Waals surface area contributed by atoms with Crippen LogP contribution >= 0.6 is 0 Å². The summed E-state index contributed by atoms with van der Waals surface area (Å²) >= 11 is 0. The highest BCUT2D eigenvalue weighted by molar-refractivity contribution is 5.85. The van der Waals surface area contributed by atoms with E-state index in [1.54, 1.807) is 6.07 Å².